The first-order valence-electron chi connectivity index (χ1n) is 11.9. The van der Waals surface area contributed by atoms with Gasteiger partial charge in [0.05, 0.1) is 6.04 Å². The van der Waals surface area contributed by atoms with Crippen LogP contribution in [0.4, 0.5) is 9.59 Å². The molecule has 3 aliphatic rings. The Morgan fingerprint density at radius 2 is 1.55 bits per heavy atom. The van der Waals surface area contributed by atoms with Gasteiger partial charge in [-0.1, -0.05) is 24.3 Å². The molecule has 8 nitrogen and oxygen atoms in total. The van der Waals surface area contributed by atoms with Crippen LogP contribution in [0.25, 0.3) is 0 Å². The van der Waals surface area contributed by atoms with Gasteiger partial charge in [-0.15, -0.1) is 0 Å². The third-order valence-electron chi connectivity index (χ3n) is 6.30. The molecule has 1 aromatic rings. The van der Waals surface area contributed by atoms with E-state index in [1.807, 2.05) is 45.0 Å². The Hall–Kier alpha value is -2.77. The van der Waals surface area contributed by atoms with E-state index in [0.29, 0.717) is 18.9 Å². The number of carboxylic acid groups (broad SMARTS) is 2. The lowest BCUT2D eigenvalue weighted by Crippen LogP contribution is -2.44. The van der Waals surface area contributed by atoms with Crippen molar-refractivity contribution < 1.29 is 29.3 Å². The first kappa shape index (κ1) is 24.9. The summed E-state index contributed by atoms with van der Waals surface area (Å²) >= 11 is 0. The highest BCUT2D eigenvalue weighted by Crippen LogP contribution is 2.41. The minimum absolute atomic E-state index is 0.362. The van der Waals surface area contributed by atoms with Crippen molar-refractivity contribution in [2.75, 3.05) is 19.6 Å². The van der Waals surface area contributed by atoms with Gasteiger partial charge < -0.3 is 24.7 Å². The zero-order valence-corrected chi connectivity index (χ0v) is 19.8. The molecule has 2 N–H and O–H groups in total. The van der Waals surface area contributed by atoms with Gasteiger partial charge >= 0.3 is 18.2 Å². The molecule has 8 heteroatoms. The van der Waals surface area contributed by atoms with Gasteiger partial charge in [0.15, 0.2) is 0 Å². The molecular weight excluding hydrogens is 424 g/mol. The molecule has 0 radical (unpaired) electrons. The lowest BCUT2D eigenvalue weighted by Gasteiger charge is -2.31. The van der Waals surface area contributed by atoms with Crippen LogP contribution in [0.2, 0.25) is 0 Å². The molecule has 0 bridgehead atoms. The second kappa shape index (κ2) is 10.4. The van der Waals surface area contributed by atoms with E-state index >= 15 is 0 Å². The van der Waals surface area contributed by atoms with Crippen LogP contribution in [0.15, 0.2) is 24.3 Å². The van der Waals surface area contributed by atoms with E-state index in [-0.39, 0.29) is 6.04 Å². The van der Waals surface area contributed by atoms with Crippen LogP contribution in [0.3, 0.4) is 0 Å². The van der Waals surface area contributed by atoms with Crippen molar-refractivity contribution in [1.29, 1.82) is 0 Å². The van der Waals surface area contributed by atoms with E-state index in [2.05, 4.69) is 0 Å². The number of hydrogen-bond donors (Lipinski definition) is 2. The van der Waals surface area contributed by atoms with E-state index in [1.54, 1.807) is 4.90 Å². The van der Waals surface area contributed by atoms with E-state index < -0.39 is 29.7 Å². The summed E-state index contributed by atoms with van der Waals surface area (Å²) in [7, 11) is 0. The second-order valence-electron chi connectivity index (χ2n) is 10.1. The van der Waals surface area contributed by atoms with Crippen LogP contribution in [-0.4, -0.2) is 69.4 Å². The number of ether oxygens (including phenoxy) is 1. The van der Waals surface area contributed by atoms with Crippen LogP contribution in [0.1, 0.15) is 82.3 Å². The number of carbonyl (C=O) groups excluding carboxylic acids is 1. The number of carboxylic acids is 1. The monoisotopic (exact) mass is 460 g/mol. The Bertz CT molecular complexity index is 837. The minimum Gasteiger partial charge on any atom is -0.481 e. The Morgan fingerprint density at radius 1 is 0.939 bits per heavy atom. The fourth-order valence-corrected chi connectivity index (χ4v) is 4.52. The van der Waals surface area contributed by atoms with E-state index in [0.717, 1.165) is 37.9 Å². The molecule has 2 aliphatic heterocycles. The second-order valence-corrected chi connectivity index (χ2v) is 10.1. The summed E-state index contributed by atoms with van der Waals surface area (Å²) in [6.45, 7) is 7.47. The summed E-state index contributed by atoms with van der Waals surface area (Å²) in [4.78, 5) is 37.7. The Balaban J connectivity index is 0.000000323. The normalized spacial score (nSPS) is 21.2. The molecule has 2 amide bonds. The highest BCUT2D eigenvalue weighted by atomic mass is 16.6. The maximum atomic E-state index is 12.5. The van der Waals surface area contributed by atoms with Gasteiger partial charge in [-0.05, 0) is 76.3 Å². The van der Waals surface area contributed by atoms with E-state index in [1.165, 1.54) is 23.3 Å². The molecule has 0 spiro atoms. The molecule has 4 rings (SSSR count). The van der Waals surface area contributed by atoms with Gasteiger partial charge in [0.1, 0.15) is 11.5 Å². The van der Waals surface area contributed by atoms with Crippen molar-refractivity contribution in [3.8, 4) is 0 Å². The van der Waals surface area contributed by atoms with E-state index in [4.69, 9.17) is 9.84 Å². The fourth-order valence-electron chi connectivity index (χ4n) is 4.52. The van der Waals surface area contributed by atoms with Crippen molar-refractivity contribution in [3.05, 3.63) is 35.4 Å². The summed E-state index contributed by atoms with van der Waals surface area (Å²) in [6, 6.07) is 7.54. The summed E-state index contributed by atoms with van der Waals surface area (Å²) in [5.74, 6) is -0.968. The van der Waals surface area contributed by atoms with E-state index in [9.17, 15) is 19.5 Å². The zero-order valence-electron chi connectivity index (χ0n) is 19.8. The van der Waals surface area contributed by atoms with Crippen molar-refractivity contribution >= 4 is 18.2 Å². The number of nitrogens with zero attached hydrogens (tertiary/aromatic N) is 2. The van der Waals surface area contributed by atoms with Crippen molar-refractivity contribution in [2.45, 2.75) is 82.8 Å². The molecule has 2 heterocycles. The highest BCUT2D eigenvalue weighted by Gasteiger charge is 2.41. The fraction of sp³-hybridized carbons (Fsp3) is 0.640. The van der Waals surface area contributed by atoms with Gasteiger partial charge in [0, 0.05) is 19.6 Å². The predicted octanol–water partition coefficient (Wildman–Crippen LogP) is 4.89. The quantitative estimate of drug-likeness (QED) is 0.662. The Labute approximate surface area is 195 Å². The molecule has 182 valence electrons. The molecule has 3 fully saturated rings. The van der Waals surface area contributed by atoms with Crippen molar-refractivity contribution in [1.82, 2.24) is 9.80 Å². The molecule has 0 unspecified atom stereocenters. The Morgan fingerprint density at radius 3 is 2.00 bits per heavy atom. The maximum absolute atomic E-state index is 12.5. The molecule has 2 atom stereocenters. The molecule has 1 saturated carbocycles. The summed E-state index contributed by atoms with van der Waals surface area (Å²) in [5, 5.41) is 18.2. The lowest BCUT2D eigenvalue weighted by molar-refractivity contribution is -0.140. The van der Waals surface area contributed by atoms with Gasteiger partial charge in [-0.2, -0.15) is 0 Å². The molecule has 33 heavy (non-hydrogen) atoms. The SMILES string of the molecule is CC(C)(C)OC(=O)N1CCC[C@H]1[C@@H](C(=O)O)c1ccc(C2CC2)cc1.O=C(O)N1CCCC1. The molecule has 0 aromatic heterocycles. The topological polar surface area (TPSA) is 107 Å². The van der Waals surface area contributed by atoms with Gasteiger partial charge in [0.25, 0.3) is 0 Å². The van der Waals surface area contributed by atoms with Gasteiger partial charge in [0.2, 0.25) is 0 Å². The third-order valence-corrected chi connectivity index (χ3v) is 6.30. The standard InChI is InChI=1S/C20H27NO4.C5H9NO2/c1-20(2,3)25-19(24)21-12-4-5-16(21)17(18(22)23)15-10-8-14(9-11-15)13-6-7-13;7-5(8)6-3-1-2-4-6/h8-11,13,16-17H,4-7,12H2,1-3H3,(H,22,23);1-4H2,(H,7,8)/t16-,17-;/m0./s1. The summed E-state index contributed by atoms with van der Waals surface area (Å²) < 4.78 is 5.47. The molecule has 2 saturated heterocycles. The summed E-state index contributed by atoms with van der Waals surface area (Å²) in [5.41, 5.74) is 1.45. The van der Waals surface area contributed by atoms with Gasteiger partial charge in [-0.25, -0.2) is 9.59 Å². The number of amides is 2. The number of carbonyl (C=O) groups is 3. The molecular formula is C25H36N2O6. The van der Waals surface area contributed by atoms with Crippen LogP contribution >= 0.6 is 0 Å². The Kier molecular flexibility index (Phi) is 7.87. The predicted molar refractivity (Wildman–Crippen MR) is 124 cm³/mol. The zero-order chi connectivity index (χ0) is 24.2. The van der Waals surface area contributed by atoms with Crippen molar-refractivity contribution in [2.24, 2.45) is 0 Å². The first-order chi connectivity index (χ1) is 15.6. The first-order valence-corrected chi connectivity index (χ1v) is 11.9. The largest absolute Gasteiger partial charge is 0.481 e. The van der Waals surface area contributed by atoms with Gasteiger partial charge in [-0.3, -0.25) is 4.79 Å². The average molecular weight is 461 g/mol. The summed E-state index contributed by atoms with van der Waals surface area (Å²) in [6.07, 6.45) is 4.79. The smallest absolute Gasteiger partial charge is 0.410 e. The molecule has 1 aliphatic carbocycles. The van der Waals surface area contributed by atoms with Crippen LogP contribution < -0.4 is 0 Å². The highest BCUT2D eigenvalue weighted by molar-refractivity contribution is 5.79. The number of hydrogen-bond acceptors (Lipinski definition) is 4. The number of likely N-dealkylation sites (tertiary alicyclic amines) is 2. The van der Waals surface area contributed by atoms with Crippen LogP contribution in [-0.2, 0) is 9.53 Å². The average Bonchev–Trinajstić information content (AvgIpc) is 3.22. The lowest BCUT2D eigenvalue weighted by atomic mass is 9.89. The molecule has 1 aromatic carbocycles. The number of rotatable bonds is 4. The number of aliphatic carboxylic acids is 1. The van der Waals surface area contributed by atoms with Crippen molar-refractivity contribution in [3.63, 3.8) is 0 Å². The van der Waals surface area contributed by atoms with Crippen LogP contribution in [0, 0.1) is 0 Å². The third kappa shape index (κ3) is 6.85. The number of benzene rings is 1. The van der Waals surface area contributed by atoms with Crippen LogP contribution in [0.5, 0.6) is 0 Å². The minimum atomic E-state index is -0.889. The maximum Gasteiger partial charge on any atom is 0.410 e.